The zero-order valence-corrected chi connectivity index (χ0v) is 19.3. The van der Waals surface area contributed by atoms with Gasteiger partial charge >= 0.3 is 5.97 Å². The summed E-state index contributed by atoms with van der Waals surface area (Å²) in [5.41, 5.74) is 4.26. The van der Waals surface area contributed by atoms with Crippen molar-refractivity contribution in [3.05, 3.63) is 129 Å². The van der Waals surface area contributed by atoms with Gasteiger partial charge in [0.25, 0.3) is 5.56 Å². The molecule has 0 saturated carbocycles. The molecule has 6 heteroatoms. The van der Waals surface area contributed by atoms with E-state index in [4.69, 9.17) is 0 Å². The number of pyridine rings is 1. The van der Waals surface area contributed by atoms with E-state index in [0.29, 0.717) is 16.6 Å². The van der Waals surface area contributed by atoms with Crippen LogP contribution in [-0.2, 0) is 7.05 Å². The van der Waals surface area contributed by atoms with E-state index < -0.39 is 5.97 Å². The summed E-state index contributed by atoms with van der Waals surface area (Å²) in [7, 11) is 1.68. The Morgan fingerprint density at radius 3 is 2.17 bits per heavy atom. The molecule has 35 heavy (non-hydrogen) atoms. The highest BCUT2D eigenvalue weighted by atomic mass is 16.4. The molecule has 5 rings (SSSR count). The van der Waals surface area contributed by atoms with Crippen LogP contribution in [0.1, 0.15) is 38.7 Å². The molecule has 0 amide bonds. The molecular formula is C29H24N2O4. The summed E-state index contributed by atoms with van der Waals surface area (Å²) in [4.78, 5) is 25.9. The number of aryl methyl sites for hydroxylation is 2. The molecule has 1 unspecified atom stereocenters. The first-order valence-corrected chi connectivity index (χ1v) is 11.2. The molecule has 6 nitrogen and oxygen atoms in total. The number of phenolic OH excluding ortho intramolecular Hbond substituents is 1. The van der Waals surface area contributed by atoms with E-state index in [9.17, 15) is 19.8 Å². The van der Waals surface area contributed by atoms with E-state index in [2.05, 4.69) is 0 Å². The van der Waals surface area contributed by atoms with Gasteiger partial charge in [0.05, 0.1) is 0 Å². The van der Waals surface area contributed by atoms with Gasteiger partial charge in [-0.3, -0.25) is 9.36 Å². The van der Waals surface area contributed by atoms with Crippen molar-refractivity contribution in [3.8, 4) is 11.4 Å². The predicted octanol–water partition coefficient (Wildman–Crippen LogP) is 5.22. The van der Waals surface area contributed by atoms with Crippen LogP contribution in [0.3, 0.4) is 0 Å². The van der Waals surface area contributed by atoms with Crippen molar-refractivity contribution >= 4 is 16.9 Å². The lowest BCUT2D eigenvalue weighted by atomic mass is 9.84. The Kier molecular flexibility index (Phi) is 5.49. The van der Waals surface area contributed by atoms with Gasteiger partial charge < -0.3 is 14.8 Å². The lowest BCUT2D eigenvalue weighted by molar-refractivity contribution is 0.0688. The zero-order valence-electron chi connectivity index (χ0n) is 19.3. The molecule has 1 atom stereocenters. The second-order valence-corrected chi connectivity index (χ2v) is 8.65. The molecule has 0 fully saturated rings. The minimum Gasteiger partial charge on any atom is -0.508 e. The summed E-state index contributed by atoms with van der Waals surface area (Å²) < 4.78 is 3.06. The Balaban J connectivity index is 1.91. The van der Waals surface area contributed by atoms with Gasteiger partial charge in [-0.25, -0.2) is 4.79 Å². The maximum absolute atomic E-state index is 13.5. The van der Waals surface area contributed by atoms with Crippen molar-refractivity contribution in [2.45, 2.75) is 12.8 Å². The van der Waals surface area contributed by atoms with Crippen LogP contribution in [0, 0.1) is 6.92 Å². The largest absolute Gasteiger partial charge is 0.508 e. The number of hydrogen-bond acceptors (Lipinski definition) is 3. The molecule has 0 aliphatic carbocycles. The Bertz CT molecular complexity index is 1610. The molecule has 2 heterocycles. The van der Waals surface area contributed by atoms with E-state index in [1.54, 1.807) is 36.0 Å². The first kappa shape index (κ1) is 22.2. The average molecular weight is 465 g/mol. The number of rotatable bonds is 5. The van der Waals surface area contributed by atoms with Crippen LogP contribution >= 0.6 is 0 Å². The van der Waals surface area contributed by atoms with E-state index in [0.717, 1.165) is 22.3 Å². The monoisotopic (exact) mass is 464 g/mol. The number of phenols is 1. The van der Waals surface area contributed by atoms with Gasteiger partial charge in [0.15, 0.2) is 0 Å². The number of aromatic nitrogens is 2. The summed E-state index contributed by atoms with van der Waals surface area (Å²) in [6.07, 6.45) is 1.78. The van der Waals surface area contributed by atoms with Gasteiger partial charge in [-0.2, -0.15) is 0 Å². The van der Waals surface area contributed by atoms with E-state index >= 15 is 0 Å². The van der Waals surface area contributed by atoms with Crippen LogP contribution in [0.25, 0.3) is 16.6 Å². The van der Waals surface area contributed by atoms with Crippen LogP contribution in [0.5, 0.6) is 5.75 Å². The normalized spacial score (nSPS) is 12.1. The van der Waals surface area contributed by atoms with Crippen LogP contribution in [0.4, 0.5) is 0 Å². The number of carbonyl (C=O) groups is 1. The van der Waals surface area contributed by atoms with Gasteiger partial charge in [-0.1, -0.05) is 60.7 Å². The van der Waals surface area contributed by atoms with Crippen molar-refractivity contribution in [3.63, 3.8) is 0 Å². The number of aromatic carboxylic acids is 1. The van der Waals surface area contributed by atoms with Gasteiger partial charge in [0.1, 0.15) is 17.0 Å². The van der Waals surface area contributed by atoms with Crippen molar-refractivity contribution < 1.29 is 15.0 Å². The number of nitrogens with zero attached hydrogens (tertiary/aromatic N) is 2. The Hall–Kier alpha value is -4.58. The molecule has 5 aromatic rings. The minimum atomic E-state index is -1.11. The number of hydrogen-bond donors (Lipinski definition) is 2. The fraction of sp³-hybridized carbons (Fsp3) is 0.103. The SMILES string of the molecule is Cc1ccccc1-n1c(C(=O)O)cc2c(C(c3ccccc3)c3ccc(O)cc3)cn(C)c(=O)c21. The molecule has 0 aliphatic heterocycles. The van der Waals surface area contributed by atoms with Crippen LogP contribution in [-0.4, -0.2) is 25.3 Å². The number of benzene rings is 3. The molecule has 2 aromatic heterocycles. The lowest BCUT2D eigenvalue weighted by Gasteiger charge is -2.21. The van der Waals surface area contributed by atoms with Gasteiger partial charge in [0, 0.05) is 30.2 Å². The molecule has 0 bridgehead atoms. The molecule has 0 radical (unpaired) electrons. The third-order valence-electron chi connectivity index (χ3n) is 6.41. The Morgan fingerprint density at radius 2 is 1.51 bits per heavy atom. The molecule has 0 aliphatic rings. The van der Waals surface area contributed by atoms with Crippen molar-refractivity contribution in [2.75, 3.05) is 0 Å². The summed E-state index contributed by atoms with van der Waals surface area (Å²) in [6, 6.07) is 25.8. The first-order valence-electron chi connectivity index (χ1n) is 11.2. The van der Waals surface area contributed by atoms with E-state index in [-0.39, 0.29) is 22.9 Å². The number of fused-ring (bicyclic) bond motifs is 1. The molecule has 0 spiro atoms. The average Bonchev–Trinajstić information content (AvgIpc) is 3.26. The van der Waals surface area contributed by atoms with Crippen molar-refractivity contribution in [1.82, 2.24) is 9.13 Å². The molecule has 2 N–H and O–H groups in total. The Morgan fingerprint density at radius 1 is 0.886 bits per heavy atom. The number of para-hydroxylation sites is 1. The third kappa shape index (κ3) is 3.79. The van der Waals surface area contributed by atoms with E-state index in [1.165, 1.54) is 4.57 Å². The topological polar surface area (TPSA) is 84.5 Å². The van der Waals surface area contributed by atoms with Crippen LogP contribution in [0.2, 0.25) is 0 Å². The fourth-order valence-corrected chi connectivity index (χ4v) is 4.76. The quantitative estimate of drug-likeness (QED) is 0.373. The van der Waals surface area contributed by atoms with Crippen molar-refractivity contribution in [1.29, 1.82) is 0 Å². The maximum Gasteiger partial charge on any atom is 0.352 e. The lowest BCUT2D eigenvalue weighted by Crippen LogP contribution is -2.21. The second kappa shape index (κ2) is 8.65. The van der Waals surface area contributed by atoms with E-state index in [1.807, 2.05) is 73.7 Å². The smallest absolute Gasteiger partial charge is 0.352 e. The predicted molar refractivity (Wildman–Crippen MR) is 136 cm³/mol. The van der Waals surface area contributed by atoms with Crippen LogP contribution < -0.4 is 5.56 Å². The summed E-state index contributed by atoms with van der Waals surface area (Å²) in [5, 5.41) is 20.6. The Labute approximate surface area is 202 Å². The number of carboxylic acid groups (broad SMARTS) is 1. The van der Waals surface area contributed by atoms with Crippen molar-refractivity contribution in [2.24, 2.45) is 7.05 Å². The van der Waals surface area contributed by atoms with Gasteiger partial charge in [-0.15, -0.1) is 0 Å². The highest BCUT2D eigenvalue weighted by Crippen LogP contribution is 2.37. The van der Waals surface area contributed by atoms with Gasteiger partial charge in [0.2, 0.25) is 0 Å². The summed E-state index contributed by atoms with van der Waals surface area (Å²) in [5.74, 6) is -1.25. The highest BCUT2D eigenvalue weighted by Gasteiger charge is 2.26. The molecular weight excluding hydrogens is 440 g/mol. The molecule has 0 saturated heterocycles. The highest BCUT2D eigenvalue weighted by molar-refractivity contribution is 5.97. The zero-order chi connectivity index (χ0) is 24.7. The minimum absolute atomic E-state index is 0.0244. The third-order valence-corrected chi connectivity index (χ3v) is 6.41. The summed E-state index contributed by atoms with van der Waals surface area (Å²) in [6.45, 7) is 1.89. The first-order chi connectivity index (χ1) is 16.9. The van der Waals surface area contributed by atoms with Crippen LogP contribution in [0.15, 0.2) is 95.9 Å². The maximum atomic E-state index is 13.5. The van der Waals surface area contributed by atoms with Gasteiger partial charge in [-0.05, 0) is 53.4 Å². The summed E-state index contributed by atoms with van der Waals surface area (Å²) >= 11 is 0. The standard InChI is InChI=1S/C29H24N2O4/c1-18-8-6-7-11-24(18)31-25(29(34)35)16-22-23(17-30(2)28(33)27(22)31)26(19-9-4-3-5-10-19)20-12-14-21(32)15-13-20/h3-17,26,32H,1-2H3,(H,34,35). The molecule has 3 aromatic carbocycles. The number of carboxylic acids is 1. The molecule has 174 valence electrons. The second-order valence-electron chi connectivity index (χ2n) is 8.65. The number of aromatic hydroxyl groups is 1. The fourth-order valence-electron chi connectivity index (χ4n) is 4.76.